The van der Waals surface area contributed by atoms with Crippen LogP contribution in [0.3, 0.4) is 0 Å². The molecule has 0 aromatic rings. The summed E-state index contributed by atoms with van der Waals surface area (Å²) in [6.07, 6.45) is 2.73. The lowest BCUT2D eigenvalue weighted by Crippen LogP contribution is -2.48. The Hall–Kier alpha value is -0.160. The monoisotopic (exact) mass is 226 g/mol. The molecule has 0 atom stereocenters. The number of likely N-dealkylation sites (tertiary alicyclic amines) is 1. The van der Waals surface area contributed by atoms with E-state index in [0.29, 0.717) is 0 Å². The molecule has 0 saturated carbocycles. The van der Waals surface area contributed by atoms with E-state index in [1.165, 1.54) is 45.6 Å². The SMILES string of the molecule is CN1CCC(CNCN2CCNCC2)CC1. The molecule has 0 aromatic carbocycles. The molecule has 4 nitrogen and oxygen atoms in total. The van der Waals surface area contributed by atoms with Crippen LogP contribution in [0.4, 0.5) is 0 Å². The van der Waals surface area contributed by atoms with Crippen LogP contribution >= 0.6 is 0 Å². The Balaban J connectivity index is 1.53. The first-order valence-corrected chi connectivity index (χ1v) is 6.67. The van der Waals surface area contributed by atoms with Gasteiger partial charge in [-0.3, -0.25) is 4.90 Å². The molecule has 2 heterocycles. The predicted octanol–water partition coefficient (Wildman–Crippen LogP) is -0.219. The maximum Gasteiger partial charge on any atom is 0.0481 e. The second-order valence-corrected chi connectivity index (χ2v) is 5.23. The molecule has 0 aliphatic carbocycles. The van der Waals surface area contributed by atoms with E-state index in [0.717, 1.165) is 25.7 Å². The van der Waals surface area contributed by atoms with Crippen molar-refractivity contribution in [2.45, 2.75) is 12.8 Å². The third-order valence-electron chi connectivity index (χ3n) is 3.82. The fraction of sp³-hybridized carbons (Fsp3) is 1.00. The van der Waals surface area contributed by atoms with Gasteiger partial charge in [0, 0.05) is 32.8 Å². The Labute approximate surface area is 99.4 Å². The predicted molar refractivity (Wildman–Crippen MR) is 67.5 cm³/mol. The van der Waals surface area contributed by atoms with Crippen molar-refractivity contribution in [1.29, 1.82) is 0 Å². The summed E-state index contributed by atoms with van der Waals surface area (Å²) in [5.41, 5.74) is 0. The Morgan fingerprint density at radius 1 is 1.12 bits per heavy atom. The zero-order valence-electron chi connectivity index (χ0n) is 10.5. The highest BCUT2D eigenvalue weighted by Gasteiger charge is 2.16. The van der Waals surface area contributed by atoms with Crippen LogP contribution in [0.15, 0.2) is 0 Å². The Morgan fingerprint density at radius 2 is 1.81 bits per heavy atom. The molecule has 0 amide bonds. The Kier molecular flexibility index (Phi) is 5.03. The lowest BCUT2D eigenvalue weighted by Gasteiger charge is -2.31. The van der Waals surface area contributed by atoms with Crippen LogP contribution in [-0.4, -0.2) is 69.3 Å². The number of hydrogen-bond acceptors (Lipinski definition) is 4. The van der Waals surface area contributed by atoms with Crippen molar-refractivity contribution in [3.8, 4) is 0 Å². The minimum Gasteiger partial charge on any atom is -0.314 e. The van der Waals surface area contributed by atoms with Gasteiger partial charge in [0.2, 0.25) is 0 Å². The van der Waals surface area contributed by atoms with Crippen molar-refractivity contribution in [1.82, 2.24) is 20.4 Å². The van der Waals surface area contributed by atoms with Gasteiger partial charge >= 0.3 is 0 Å². The van der Waals surface area contributed by atoms with Crippen LogP contribution in [0.2, 0.25) is 0 Å². The maximum absolute atomic E-state index is 3.62. The highest BCUT2D eigenvalue weighted by molar-refractivity contribution is 4.72. The Morgan fingerprint density at radius 3 is 2.50 bits per heavy atom. The molecule has 2 aliphatic rings. The van der Waals surface area contributed by atoms with Gasteiger partial charge in [0.1, 0.15) is 0 Å². The second kappa shape index (κ2) is 6.55. The smallest absolute Gasteiger partial charge is 0.0481 e. The molecule has 4 heteroatoms. The summed E-state index contributed by atoms with van der Waals surface area (Å²) >= 11 is 0. The first-order valence-electron chi connectivity index (χ1n) is 6.67. The van der Waals surface area contributed by atoms with Gasteiger partial charge in [-0.05, 0) is 45.4 Å². The topological polar surface area (TPSA) is 30.5 Å². The molecule has 94 valence electrons. The summed E-state index contributed by atoms with van der Waals surface area (Å²) < 4.78 is 0. The van der Waals surface area contributed by atoms with Crippen LogP contribution in [0.1, 0.15) is 12.8 Å². The zero-order chi connectivity index (χ0) is 11.2. The number of piperidine rings is 1. The molecule has 2 saturated heterocycles. The maximum atomic E-state index is 3.62. The molecule has 0 unspecified atom stereocenters. The summed E-state index contributed by atoms with van der Waals surface area (Å²) in [7, 11) is 2.23. The minimum absolute atomic E-state index is 0.902. The summed E-state index contributed by atoms with van der Waals surface area (Å²) in [4.78, 5) is 4.94. The van der Waals surface area contributed by atoms with Crippen LogP contribution in [-0.2, 0) is 0 Å². The second-order valence-electron chi connectivity index (χ2n) is 5.23. The fourth-order valence-electron chi connectivity index (χ4n) is 2.56. The minimum atomic E-state index is 0.902. The highest BCUT2D eigenvalue weighted by Crippen LogP contribution is 2.14. The fourth-order valence-corrected chi connectivity index (χ4v) is 2.56. The number of hydrogen-bond donors (Lipinski definition) is 2. The van der Waals surface area contributed by atoms with Gasteiger partial charge in [-0.15, -0.1) is 0 Å². The molecule has 16 heavy (non-hydrogen) atoms. The van der Waals surface area contributed by atoms with E-state index in [1.54, 1.807) is 0 Å². The van der Waals surface area contributed by atoms with Gasteiger partial charge in [0.15, 0.2) is 0 Å². The van der Waals surface area contributed by atoms with E-state index in [9.17, 15) is 0 Å². The van der Waals surface area contributed by atoms with Crippen LogP contribution in [0.25, 0.3) is 0 Å². The van der Waals surface area contributed by atoms with E-state index in [4.69, 9.17) is 0 Å². The van der Waals surface area contributed by atoms with E-state index in [-0.39, 0.29) is 0 Å². The van der Waals surface area contributed by atoms with Gasteiger partial charge in [-0.2, -0.15) is 0 Å². The van der Waals surface area contributed by atoms with Gasteiger partial charge < -0.3 is 15.5 Å². The van der Waals surface area contributed by atoms with Crippen molar-refractivity contribution < 1.29 is 0 Å². The van der Waals surface area contributed by atoms with E-state index < -0.39 is 0 Å². The number of rotatable bonds is 4. The van der Waals surface area contributed by atoms with Gasteiger partial charge in [0.05, 0.1) is 0 Å². The van der Waals surface area contributed by atoms with E-state index >= 15 is 0 Å². The summed E-state index contributed by atoms with van der Waals surface area (Å²) in [5, 5.41) is 7.00. The van der Waals surface area contributed by atoms with Crippen molar-refractivity contribution in [2.75, 3.05) is 59.5 Å². The molecular formula is C12H26N4. The summed E-state index contributed by atoms with van der Waals surface area (Å²) in [5.74, 6) is 0.902. The third kappa shape index (κ3) is 4.01. The molecule has 2 N–H and O–H groups in total. The Bertz CT molecular complexity index is 183. The number of nitrogens with one attached hydrogen (secondary N) is 2. The third-order valence-corrected chi connectivity index (χ3v) is 3.82. The van der Waals surface area contributed by atoms with Crippen molar-refractivity contribution in [3.05, 3.63) is 0 Å². The number of piperazine rings is 1. The first-order chi connectivity index (χ1) is 7.84. The van der Waals surface area contributed by atoms with Crippen LogP contribution < -0.4 is 10.6 Å². The highest BCUT2D eigenvalue weighted by atomic mass is 15.3. The molecule has 0 spiro atoms. The molecular weight excluding hydrogens is 200 g/mol. The summed E-state index contributed by atoms with van der Waals surface area (Å²) in [6, 6.07) is 0. The van der Waals surface area contributed by atoms with Gasteiger partial charge in [-0.25, -0.2) is 0 Å². The van der Waals surface area contributed by atoms with E-state index in [1.807, 2.05) is 0 Å². The quantitative estimate of drug-likeness (QED) is 0.694. The molecule has 0 bridgehead atoms. The summed E-state index contributed by atoms with van der Waals surface area (Å²) in [6.45, 7) is 9.53. The van der Waals surface area contributed by atoms with Gasteiger partial charge in [0.25, 0.3) is 0 Å². The lowest BCUT2D eigenvalue weighted by atomic mass is 9.97. The van der Waals surface area contributed by atoms with Crippen molar-refractivity contribution in [2.24, 2.45) is 5.92 Å². The van der Waals surface area contributed by atoms with Crippen molar-refractivity contribution in [3.63, 3.8) is 0 Å². The average molecular weight is 226 g/mol. The normalized spacial score (nSPS) is 26.1. The van der Waals surface area contributed by atoms with Crippen molar-refractivity contribution >= 4 is 0 Å². The molecule has 2 fully saturated rings. The standard InChI is InChI=1S/C12H26N4/c1-15-6-2-12(3-7-15)10-14-11-16-8-4-13-5-9-16/h12-14H,2-11H2,1H3. The molecule has 2 aliphatic heterocycles. The first kappa shape index (κ1) is 12.3. The van der Waals surface area contributed by atoms with Gasteiger partial charge in [-0.1, -0.05) is 0 Å². The molecule has 0 radical (unpaired) electrons. The zero-order valence-corrected chi connectivity index (χ0v) is 10.5. The molecule has 2 rings (SSSR count). The number of nitrogens with zero attached hydrogens (tertiary/aromatic N) is 2. The van der Waals surface area contributed by atoms with Crippen LogP contribution in [0.5, 0.6) is 0 Å². The largest absolute Gasteiger partial charge is 0.314 e. The lowest BCUT2D eigenvalue weighted by molar-refractivity contribution is 0.191. The average Bonchev–Trinajstić information content (AvgIpc) is 2.33. The molecule has 0 aromatic heterocycles. The van der Waals surface area contributed by atoms with Crippen LogP contribution in [0, 0.1) is 5.92 Å². The van der Waals surface area contributed by atoms with E-state index in [2.05, 4.69) is 27.5 Å².